The van der Waals surface area contributed by atoms with Gasteiger partial charge in [0.25, 0.3) is 0 Å². The van der Waals surface area contributed by atoms with Crippen molar-refractivity contribution in [3.05, 3.63) is 49.0 Å². The number of nitrogens with one attached hydrogen (secondary N) is 1. The molecule has 0 radical (unpaired) electrons. The molecule has 0 aliphatic rings. The number of imidazole rings is 1. The Morgan fingerprint density at radius 1 is 1.63 bits per heavy atom. The number of rotatable bonds is 5. The molecule has 5 nitrogen and oxygen atoms in total. The molecule has 102 valence electrons. The number of carbonyl (C=O) groups is 1. The molecule has 5 heteroatoms. The van der Waals surface area contributed by atoms with E-state index in [-0.39, 0.29) is 5.91 Å². The van der Waals surface area contributed by atoms with Crippen molar-refractivity contribution < 1.29 is 4.79 Å². The number of allylic oxidation sites excluding steroid dienone is 4. The third kappa shape index (κ3) is 2.76. The van der Waals surface area contributed by atoms with E-state index in [1.807, 2.05) is 25.2 Å². The van der Waals surface area contributed by atoms with E-state index in [2.05, 4.69) is 16.9 Å². The van der Waals surface area contributed by atoms with Crippen LogP contribution in [0, 0.1) is 0 Å². The van der Waals surface area contributed by atoms with E-state index in [0.717, 1.165) is 5.57 Å². The lowest BCUT2D eigenvalue weighted by molar-refractivity contribution is -0.126. The summed E-state index contributed by atoms with van der Waals surface area (Å²) in [5, 5.41) is 2.66. The van der Waals surface area contributed by atoms with Crippen LogP contribution in [0.2, 0.25) is 0 Å². The average Bonchev–Trinajstić information content (AvgIpc) is 2.85. The largest absolute Gasteiger partial charge is 0.382 e. The van der Waals surface area contributed by atoms with E-state index < -0.39 is 5.54 Å². The van der Waals surface area contributed by atoms with Crippen LogP contribution >= 0.6 is 0 Å². The number of aromatic nitrogens is 2. The first kappa shape index (κ1) is 14.8. The molecule has 1 aromatic heterocycles. The molecular formula is C14H20N4O. The molecule has 0 saturated carbocycles. The third-order valence-corrected chi connectivity index (χ3v) is 3.04. The highest BCUT2D eigenvalue weighted by Gasteiger charge is 2.37. The van der Waals surface area contributed by atoms with Crippen LogP contribution in [0.25, 0.3) is 0 Å². The monoisotopic (exact) mass is 260 g/mol. The molecule has 1 heterocycles. The normalized spacial score (nSPS) is 15.2. The maximum absolute atomic E-state index is 12.3. The van der Waals surface area contributed by atoms with Crippen LogP contribution in [0.3, 0.4) is 0 Å². The Balaban J connectivity index is 3.42. The van der Waals surface area contributed by atoms with Crippen LogP contribution in [0.5, 0.6) is 0 Å². The smallest absolute Gasteiger partial charge is 0.250 e. The Hall–Kier alpha value is -2.30. The lowest BCUT2D eigenvalue weighted by Crippen LogP contribution is -2.46. The van der Waals surface area contributed by atoms with Crippen LogP contribution in [0.4, 0.5) is 5.82 Å². The summed E-state index contributed by atoms with van der Waals surface area (Å²) >= 11 is 0. The number of hydrogen-bond acceptors (Lipinski definition) is 3. The number of hydrogen-bond donors (Lipinski definition) is 2. The van der Waals surface area contributed by atoms with E-state index in [4.69, 9.17) is 5.73 Å². The van der Waals surface area contributed by atoms with Gasteiger partial charge in [-0.15, -0.1) is 0 Å². The van der Waals surface area contributed by atoms with Gasteiger partial charge < -0.3 is 15.6 Å². The van der Waals surface area contributed by atoms with E-state index in [0.29, 0.717) is 5.82 Å². The number of likely N-dealkylation sites (N-methyl/N-ethyl adjacent to an activating group) is 1. The highest BCUT2D eigenvalue weighted by molar-refractivity contribution is 5.88. The molecule has 1 amide bonds. The fraction of sp³-hybridized carbons (Fsp3) is 0.286. The van der Waals surface area contributed by atoms with Gasteiger partial charge in [-0.05, 0) is 19.4 Å². The Morgan fingerprint density at radius 3 is 2.74 bits per heavy atom. The fourth-order valence-electron chi connectivity index (χ4n) is 1.85. The Labute approximate surface area is 113 Å². The molecule has 0 aromatic carbocycles. The van der Waals surface area contributed by atoms with Gasteiger partial charge in [0.15, 0.2) is 0 Å². The highest BCUT2D eigenvalue weighted by Crippen LogP contribution is 2.28. The van der Waals surface area contributed by atoms with Gasteiger partial charge in [-0.25, -0.2) is 4.98 Å². The molecule has 1 rings (SSSR count). The van der Waals surface area contributed by atoms with Crippen LogP contribution in [0.15, 0.2) is 49.0 Å². The van der Waals surface area contributed by atoms with E-state index in [1.165, 1.54) is 6.33 Å². The van der Waals surface area contributed by atoms with Gasteiger partial charge in [0.1, 0.15) is 11.4 Å². The summed E-state index contributed by atoms with van der Waals surface area (Å²) in [6.07, 6.45) is 10.4. The average molecular weight is 260 g/mol. The minimum absolute atomic E-state index is 0.166. The van der Waals surface area contributed by atoms with Crippen LogP contribution in [0.1, 0.15) is 13.8 Å². The quantitative estimate of drug-likeness (QED) is 0.790. The molecule has 0 aliphatic carbocycles. The number of carbonyl (C=O) groups excluding carboxylic acids is 1. The number of amides is 1. The van der Waals surface area contributed by atoms with Gasteiger partial charge in [0.2, 0.25) is 5.91 Å². The number of nitrogens with zero attached hydrogens (tertiary/aromatic N) is 2. The Kier molecular flexibility index (Phi) is 4.69. The fourth-order valence-corrected chi connectivity index (χ4v) is 1.85. The molecule has 1 atom stereocenters. The Bertz CT molecular complexity index is 527. The summed E-state index contributed by atoms with van der Waals surface area (Å²) in [5.41, 5.74) is 5.44. The summed E-state index contributed by atoms with van der Waals surface area (Å²) in [5.74, 6) is 0.199. The van der Waals surface area contributed by atoms with Crippen molar-refractivity contribution in [2.24, 2.45) is 0 Å². The highest BCUT2D eigenvalue weighted by atomic mass is 16.2. The second-order valence-electron chi connectivity index (χ2n) is 4.21. The van der Waals surface area contributed by atoms with E-state index in [1.54, 1.807) is 30.8 Å². The first-order valence-corrected chi connectivity index (χ1v) is 5.98. The lowest BCUT2D eigenvalue weighted by atomic mass is 9.89. The third-order valence-electron chi connectivity index (χ3n) is 3.04. The Morgan fingerprint density at radius 2 is 2.32 bits per heavy atom. The predicted octanol–water partition coefficient (Wildman–Crippen LogP) is 1.61. The standard InChI is InChI=1S/C14H20N4O/c1-5-7-8-11(6-2)14(3,13(19)16-4)18-9-12(15)17-10-18/h5-10H,2,15H2,1,3-4H3,(H,16,19)/b7-5-,11-8+/t14-/m1/s1. The maximum Gasteiger partial charge on any atom is 0.250 e. The predicted molar refractivity (Wildman–Crippen MR) is 77.4 cm³/mol. The minimum Gasteiger partial charge on any atom is -0.382 e. The van der Waals surface area contributed by atoms with Crippen molar-refractivity contribution >= 4 is 11.7 Å². The molecule has 0 aliphatic heterocycles. The molecular weight excluding hydrogens is 240 g/mol. The van der Waals surface area contributed by atoms with Crippen molar-refractivity contribution in [1.29, 1.82) is 0 Å². The molecule has 0 saturated heterocycles. The van der Waals surface area contributed by atoms with Gasteiger partial charge in [-0.2, -0.15) is 0 Å². The van der Waals surface area contributed by atoms with Gasteiger partial charge in [0.05, 0.1) is 6.33 Å². The van der Waals surface area contributed by atoms with Gasteiger partial charge >= 0.3 is 0 Å². The molecule has 1 aromatic rings. The van der Waals surface area contributed by atoms with Crippen LogP contribution < -0.4 is 11.1 Å². The number of nitrogens with two attached hydrogens (primary N) is 1. The first-order valence-electron chi connectivity index (χ1n) is 5.98. The maximum atomic E-state index is 12.3. The zero-order valence-corrected chi connectivity index (χ0v) is 11.6. The minimum atomic E-state index is -0.944. The molecule has 0 unspecified atom stereocenters. The number of nitrogen functional groups attached to an aromatic ring is 1. The lowest BCUT2D eigenvalue weighted by Gasteiger charge is -2.30. The van der Waals surface area contributed by atoms with Crippen molar-refractivity contribution in [1.82, 2.24) is 14.9 Å². The molecule has 19 heavy (non-hydrogen) atoms. The zero-order chi connectivity index (χ0) is 14.5. The SMILES string of the molecule is C=C/C(=C\C=C/C)[C@](C)(C(=O)NC)n1cnc(N)c1. The van der Waals surface area contributed by atoms with Crippen molar-refractivity contribution in [3.63, 3.8) is 0 Å². The second kappa shape index (κ2) is 6.04. The van der Waals surface area contributed by atoms with Crippen LogP contribution in [-0.2, 0) is 10.3 Å². The number of anilines is 1. The summed E-state index contributed by atoms with van der Waals surface area (Å²) in [4.78, 5) is 16.3. The zero-order valence-electron chi connectivity index (χ0n) is 11.6. The molecule has 0 spiro atoms. The first-order chi connectivity index (χ1) is 9.00. The molecule has 0 fully saturated rings. The van der Waals surface area contributed by atoms with Gasteiger partial charge in [-0.1, -0.05) is 30.9 Å². The summed E-state index contributed by atoms with van der Waals surface area (Å²) in [6, 6.07) is 0. The van der Waals surface area contributed by atoms with Crippen molar-refractivity contribution in [2.75, 3.05) is 12.8 Å². The van der Waals surface area contributed by atoms with Crippen molar-refractivity contribution in [2.45, 2.75) is 19.4 Å². The van der Waals surface area contributed by atoms with Gasteiger partial charge in [0, 0.05) is 13.2 Å². The summed E-state index contributed by atoms with van der Waals surface area (Å²) in [6.45, 7) is 7.48. The van der Waals surface area contributed by atoms with E-state index >= 15 is 0 Å². The van der Waals surface area contributed by atoms with E-state index in [9.17, 15) is 4.79 Å². The summed E-state index contributed by atoms with van der Waals surface area (Å²) in [7, 11) is 1.59. The topological polar surface area (TPSA) is 72.9 Å². The van der Waals surface area contributed by atoms with Gasteiger partial charge in [-0.3, -0.25) is 4.79 Å². The van der Waals surface area contributed by atoms with Crippen LogP contribution in [-0.4, -0.2) is 22.5 Å². The molecule has 3 N–H and O–H groups in total. The second-order valence-corrected chi connectivity index (χ2v) is 4.21. The summed E-state index contributed by atoms with van der Waals surface area (Å²) < 4.78 is 1.68. The van der Waals surface area contributed by atoms with Crippen molar-refractivity contribution in [3.8, 4) is 0 Å². The molecule has 0 bridgehead atoms.